The van der Waals surface area contributed by atoms with Crippen molar-refractivity contribution in [3.63, 3.8) is 0 Å². The second kappa shape index (κ2) is 11.4. The van der Waals surface area contributed by atoms with Crippen LogP contribution in [0.1, 0.15) is 5.56 Å². The van der Waals surface area contributed by atoms with Crippen LogP contribution in [0.4, 0.5) is 11.5 Å². The van der Waals surface area contributed by atoms with Crippen molar-refractivity contribution in [1.29, 1.82) is 0 Å². The zero-order valence-corrected chi connectivity index (χ0v) is 18.5. The van der Waals surface area contributed by atoms with Crippen LogP contribution in [0.25, 0.3) is 0 Å². The standard InChI is InChI=1S/C24H33N5O3/c30-22(19-28-12-14-32-15-13-28)18-27-8-10-29(11-9-27)23-7-6-21(17-25-23)26-24(31)16-20-4-2-1-3-5-20/h1-7,17,22,30H,8-16,18-19H2,(H,26,31). The molecule has 1 atom stereocenters. The van der Waals surface area contributed by atoms with Gasteiger partial charge < -0.3 is 20.1 Å². The smallest absolute Gasteiger partial charge is 0.228 e. The number of carbonyl (C=O) groups excluding carboxylic acids is 1. The number of nitrogens with zero attached hydrogens (tertiary/aromatic N) is 4. The molecule has 0 bridgehead atoms. The van der Waals surface area contributed by atoms with E-state index in [0.29, 0.717) is 25.2 Å². The van der Waals surface area contributed by atoms with Crippen molar-refractivity contribution in [2.24, 2.45) is 0 Å². The molecule has 1 amide bonds. The second-order valence-corrected chi connectivity index (χ2v) is 8.47. The van der Waals surface area contributed by atoms with Crippen LogP contribution >= 0.6 is 0 Å². The van der Waals surface area contributed by atoms with Crippen molar-refractivity contribution in [2.75, 3.05) is 75.8 Å². The third-order valence-corrected chi connectivity index (χ3v) is 5.98. The van der Waals surface area contributed by atoms with E-state index in [1.54, 1.807) is 6.20 Å². The maximum Gasteiger partial charge on any atom is 0.228 e. The predicted octanol–water partition coefficient (Wildman–Crippen LogP) is 1.08. The van der Waals surface area contributed by atoms with Gasteiger partial charge in [-0.2, -0.15) is 0 Å². The summed E-state index contributed by atoms with van der Waals surface area (Å²) in [4.78, 5) is 23.6. The Bertz CT molecular complexity index is 834. The Labute approximate surface area is 189 Å². The summed E-state index contributed by atoms with van der Waals surface area (Å²) in [5.41, 5.74) is 1.70. The molecule has 172 valence electrons. The topological polar surface area (TPSA) is 81.2 Å². The van der Waals surface area contributed by atoms with Gasteiger partial charge in [-0.25, -0.2) is 4.98 Å². The molecule has 8 heteroatoms. The molecule has 2 N–H and O–H groups in total. The summed E-state index contributed by atoms with van der Waals surface area (Å²) in [6.45, 7) is 8.27. The average molecular weight is 440 g/mol. The van der Waals surface area contributed by atoms with Gasteiger partial charge in [-0.1, -0.05) is 30.3 Å². The van der Waals surface area contributed by atoms with Crippen molar-refractivity contribution in [1.82, 2.24) is 14.8 Å². The quantitative estimate of drug-likeness (QED) is 0.637. The molecule has 0 aliphatic carbocycles. The lowest BCUT2D eigenvalue weighted by molar-refractivity contribution is -0.115. The number of rotatable bonds is 8. The van der Waals surface area contributed by atoms with E-state index < -0.39 is 0 Å². The number of β-amino-alcohol motifs (C(OH)–C–C–N with tert-alkyl or cyclic N) is 1. The SMILES string of the molecule is O=C(Cc1ccccc1)Nc1ccc(N2CCN(CC(O)CN3CCOCC3)CC2)nc1. The molecule has 32 heavy (non-hydrogen) atoms. The van der Waals surface area contributed by atoms with E-state index >= 15 is 0 Å². The first kappa shape index (κ1) is 22.7. The van der Waals surface area contributed by atoms with Crippen molar-refractivity contribution >= 4 is 17.4 Å². The van der Waals surface area contributed by atoms with Crippen molar-refractivity contribution < 1.29 is 14.6 Å². The Balaban J connectivity index is 1.19. The lowest BCUT2D eigenvalue weighted by atomic mass is 10.1. The first-order valence-electron chi connectivity index (χ1n) is 11.4. The molecule has 4 rings (SSSR count). The number of nitrogens with one attached hydrogen (secondary N) is 1. The van der Waals surface area contributed by atoms with E-state index in [4.69, 9.17) is 4.74 Å². The Hall–Kier alpha value is -2.52. The monoisotopic (exact) mass is 439 g/mol. The molecule has 1 aromatic carbocycles. The Morgan fingerprint density at radius 2 is 1.66 bits per heavy atom. The van der Waals surface area contributed by atoms with Crippen molar-refractivity contribution in [2.45, 2.75) is 12.5 Å². The number of piperazine rings is 1. The molecule has 1 unspecified atom stereocenters. The van der Waals surface area contributed by atoms with Crippen LogP contribution in [0.5, 0.6) is 0 Å². The fourth-order valence-corrected chi connectivity index (χ4v) is 4.23. The summed E-state index contributed by atoms with van der Waals surface area (Å²) >= 11 is 0. The summed E-state index contributed by atoms with van der Waals surface area (Å²) in [6.07, 6.45) is 1.73. The largest absolute Gasteiger partial charge is 0.390 e. The summed E-state index contributed by atoms with van der Waals surface area (Å²) in [5.74, 6) is 0.870. The number of aromatic nitrogens is 1. The van der Waals surface area contributed by atoms with Crippen LogP contribution in [0.3, 0.4) is 0 Å². The molecule has 2 aromatic rings. The van der Waals surface area contributed by atoms with Gasteiger partial charge in [-0.05, 0) is 17.7 Å². The summed E-state index contributed by atoms with van der Waals surface area (Å²) < 4.78 is 5.37. The van der Waals surface area contributed by atoms with Gasteiger partial charge in [0.1, 0.15) is 5.82 Å². The fourth-order valence-electron chi connectivity index (χ4n) is 4.23. The minimum absolute atomic E-state index is 0.0463. The average Bonchev–Trinajstić information content (AvgIpc) is 2.81. The van der Waals surface area contributed by atoms with Gasteiger partial charge in [0.15, 0.2) is 0 Å². The molecule has 3 heterocycles. The van der Waals surface area contributed by atoms with Gasteiger partial charge in [-0.15, -0.1) is 0 Å². The van der Waals surface area contributed by atoms with Crippen LogP contribution < -0.4 is 10.2 Å². The molecule has 0 saturated carbocycles. The minimum atomic E-state index is -0.337. The number of carbonyl (C=O) groups is 1. The zero-order valence-electron chi connectivity index (χ0n) is 18.5. The first-order chi connectivity index (χ1) is 15.7. The number of hydrogen-bond acceptors (Lipinski definition) is 7. The number of hydrogen-bond donors (Lipinski definition) is 2. The van der Waals surface area contributed by atoms with Gasteiger partial charge in [0.2, 0.25) is 5.91 Å². The minimum Gasteiger partial charge on any atom is -0.390 e. The van der Waals surface area contributed by atoms with Gasteiger partial charge in [-0.3, -0.25) is 14.6 Å². The predicted molar refractivity (Wildman–Crippen MR) is 125 cm³/mol. The highest BCUT2D eigenvalue weighted by Gasteiger charge is 2.22. The summed E-state index contributed by atoms with van der Waals surface area (Å²) in [7, 11) is 0. The van der Waals surface area contributed by atoms with Gasteiger partial charge >= 0.3 is 0 Å². The van der Waals surface area contributed by atoms with E-state index in [-0.39, 0.29) is 12.0 Å². The Morgan fingerprint density at radius 1 is 0.969 bits per heavy atom. The van der Waals surface area contributed by atoms with Crippen molar-refractivity contribution in [3.8, 4) is 0 Å². The van der Waals surface area contributed by atoms with E-state index in [0.717, 1.165) is 63.9 Å². The molecule has 2 aliphatic rings. The molecule has 0 spiro atoms. The van der Waals surface area contributed by atoms with E-state index in [1.165, 1.54) is 0 Å². The number of morpholine rings is 1. The van der Waals surface area contributed by atoms with E-state index in [9.17, 15) is 9.90 Å². The van der Waals surface area contributed by atoms with Gasteiger partial charge in [0, 0.05) is 52.4 Å². The van der Waals surface area contributed by atoms with Crippen LogP contribution in [0.2, 0.25) is 0 Å². The molecule has 2 fully saturated rings. The number of anilines is 2. The maximum absolute atomic E-state index is 12.2. The lowest BCUT2D eigenvalue weighted by Crippen LogP contribution is -2.51. The second-order valence-electron chi connectivity index (χ2n) is 8.47. The summed E-state index contributed by atoms with van der Waals surface area (Å²) in [5, 5.41) is 13.4. The highest BCUT2D eigenvalue weighted by atomic mass is 16.5. The molecule has 1 aromatic heterocycles. The highest BCUT2D eigenvalue weighted by molar-refractivity contribution is 5.92. The molecular weight excluding hydrogens is 406 g/mol. The number of pyridine rings is 1. The fraction of sp³-hybridized carbons (Fsp3) is 0.500. The first-order valence-corrected chi connectivity index (χ1v) is 11.4. The molecule has 8 nitrogen and oxygen atoms in total. The number of ether oxygens (including phenoxy) is 1. The molecular formula is C24H33N5O3. The van der Waals surface area contributed by atoms with Crippen LogP contribution in [-0.2, 0) is 16.0 Å². The molecule has 0 radical (unpaired) electrons. The van der Waals surface area contributed by atoms with Crippen LogP contribution in [-0.4, -0.2) is 97.5 Å². The Morgan fingerprint density at radius 3 is 2.31 bits per heavy atom. The third kappa shape index (κ3) is 6.74. The van der Waals surface area contributed by atoms with Crippen LogP contribution in [0, 0.1) is 0 Å². The number of aliphatic hydroxyl groups is 1. The number of aliphatic hydroxyl groups excluding tert-OH is 1. The maximum atomic E-state index is 12.2. The lowest BCUT2D eigenvalue weighted by Gasteiger charge is -2.37. The van der Waals surface area contributed by atoms with Gasteiger partial charge in [0.25, 0.3) is 0 Å². The Kier molecular flexibility index (Phi) is 8.06. The zero-order chi connectivity index (χ0) is 22.2. The van der Waals surface area contributed by atoms with Gasteiger partial charge in [0.05, 0.1) is 37.6 Å². The summed E-state index contributed by atoms with van der Waals surface area (Å²) in [6, 6.07) is 13.6. The normalized spacial score (nSPS) is 19.0. The van der Waals surface area contributed by atoms with E-state index in [2.05, 4.69) is 25.0 Å². The molecule has 2 saturated heterocycles. The van der Waals surface area contributed by atoms with E-state index in [1.807, 2.05) is 42.5 Å². The highest BCUT2D eigenvalue weighted by Crippen LogP contribution is 2.17. The molecule has 2 aliphatic heterocycles. The number of benzene rings is 1. The van der Waals surface area contributed by atoms with Crippen molar-refractivity contribution in [3.05, 3.63) is 54.2 Å². The number of amides is 1. The third-order valence-electron chi connectivity index (χ3n) is 5.98. The van der Waals surface area contributed by atoms with Crippen LogP contribution in [0.15, 0.2) is 48.7 Å².